The van der Waals surface area contributed by atoms with Crippen LogP contribution in [0.2, 0.25) is 0 Å². The summed E-state index contributed by atoms with van der Waals surface area (Å²) in [7, 11) is 0. The first-order valence-corrected chi connectivity index (χ1v) is 6.22. The topological polar surface area (TPSA) is 17.1 Å². The van der Waals surface area contributed by atoms with Crippen molar-refractivity contribution in [3.05, 3.63) is 35.9 Å². The molecular weight excluding hydrogens is 196 g/mol. The summed E-state index contributed by atoms with van der Waals surface area (Å²) in [5, 5.41) is 0. The highest BCUT2D eigenvalue weighted by molar-refractivity contribution is 5.88. The van der Waals surface area contributed by atoms with E-state index in [1.165, 1.54) is 31.2 Å². The molecule has 0 spiro atoms. The zero-order valence-corrected chi connectivity index (χ0v) is 10.2. The van der Waals surface area contributed by atoms with Crippen LogP contribution in [0.5, 0.6) is 0 Å². The summed E-state index contributed by atoms with van der Waals surface area (Å²) in [6, 6.07) is 10.3. The molecule has 1 saturated carbocycles. The quantitative estimate of drug-likeness (QED) is 0.752. The largest absolute Gasteiger partial charge is 0.299 e. The molecule has 0 saturated heterocycles. The van der Waals surface area contributed by atoms with E-state index in [0.29, 0.717) is 11.7 Å². The minimum absolute atomic E-state index is 0.266. The number of carbonyl (C=O) groups excluding carboxylic acids is 1. The first kappa shape index (κ1) is 11.4. The highest BCUT2D eigenvalue weighted by atomic mass is 16.1. The van der Waals surface area contributed by atoms with Crippen molar-refractivity contribution in [2.24, 2.45) is 5.92 Å². The lowest BCUT2D eigenvalue weighted by atomic mass is 9.68. The summed E-state index contributed by atoms with van der Waals surface area (Å²) in [6.07, 6.45) is 4.96. The van der Waals surface area contributed by atoms with Crippen LogP contribution in [0.4, 0.5) is 0 Å². The molecule has 0 aliphatic heterocycles. The average molecular weight is 216 g/mol. The van der Waals surface area contributed by atoms with Crippen LogP contribution in [-0.4, -0.2) is 5.78 Å². The molecule has 1 aromatic rings. The molecule has 0 N–H and O–H groups in total. The standard InChI is InChI=1S/C15H20O/c1-12(16)15(2,14-10-6-7-11-14)13-8-4-3-5-9-13/h3-5,8-9,14H,6-7,10-11H2,1-2H3/t15-/m0/s1. The summed E-state index contributed by atoms with van der Waals surface area (Å²) in [5.41, 5.74) is 0.923. The van der Waals surface area contributed by atoms with E-state index in [-0.39, 0.29) is 5.41 Å². The van der Waals surface area contributed by atoms with Gasteiger partial charge in [0.1, 0.15) is 5.78 Å². The van der Waals surface area contributed by atoms with Gasteiger partial charge in [0.15, 0.2) is 0 Å². The first-order valence-electron chi connectivity index (χ1n) is 6.22. The van der Waals surface area contributed by atoms with E-state index in [0.717, 1.165) is 0 Å². The van der Waals surface area contributed by atoms with Gasteiger partial charge < -0.3 is 0 Å². The van der Waals surface area contributed by atoms with Gasteiger partial charge in [0, 0.05) is 0 Å². The predicted octanol–water partition coefficient (Wildman–Crippen LogP) is 3.72. The van der Waals surface area contributed by atoms with Crippen LogP contribution in [0, 0.1) is 5.92 Å². The second kappa shape index (κ2) is 4.40. The molecular formula is C15H20O. The summed E-state index contributed by atoms with van der Waals surface area (Å²) in [4.78, 5) is 12.1. The van der Waals surface area contributed by atoms with Gasteiger partial charge in [0.2, 0.25) is 0 Å². The van der Waals surface area contributed by atoms with Crippen molar-refractivity contribution in [1.29, 1.82) is 0 Å². The molecule has 0 unspecified atom stereocenters. The Morgan fingerprint density at radius 2 is 1.75 bits per heavy atom. The third kappa shape index (κ3) is 1.79. The molecule has 1 fully saturated rings. The molecule has 0 aromatic heterocycles. The average Bonchev–Trinajstić information content (AvgIpc) is 2.82. The fraction of sp³-hybridized carbons (Fsp3) is 0.533. The lowest BCUT2D eigenvalue weighted by Crippen LogP contribution is -2.37. The fourth-order valence-corrected chi connectivity index (χ4v) is 3.01. The van der Waals surface area contributed by atoms with Gasteiger partial charge in [-0.2, -0.15) is 0 Å². The van der Waals surface area contributed by atoms with Gasteiger partial charge in [-0.1, -0.05) is 43.2 Å². The van der Waals surface area contributed by atoms with Crippen molar-refractivity contribution in [2.45, 2.75) is 44.9 Å². The van der Waals surface area contributed by atoms with E-state index in [1.807, 2.05) is 18.2 Å². The minimum Gasteiger partial charge on any atom is -0.299 e. The van der Waals surface area contributed by atoms with Gasteiger partial charge in [-0.25, -0.2) is 0 Å². The number of rotatable bonds is 3. The molecule has 1 aliphatic rings. The predicted molar refractivity (Wildman–Crippen MR) is 66.4 cm³/mol. The van der Waals surface area contributed by atoms with Gasteiger partial charge in [-0.15, -0.1) is 0 Å². The lowest BCUT2D eigenvalue weighted by Gasteiger charge is -2.33. The van der Waals surface area contributed by atoms with Gasteiger partial charge in [-0.05, 0) is 38.2 Å². The third-order valence-electron chi connectivity index (χ3n) is 4.28. The molecule has 1 heteroatoms. The summed E-state index contributed by atoms with van der Waals surface area (Å²) in [6.45, 7) is 3.87. The molecule has 0 heterocycles. The van der Waals surface area contributed by atoms with E-state index in [4.69, 9.17) is 0 Å². The Balaban J connectivity index is 2.39. The van der Waals surface area contributed by atoms with Gasteiger partial charge >= 0.3 is 0 Å². The monoisotopic (exact) mass is 216 g/mol. The Kier molecular flexibility index (Phi) is 3.13. The zero-order chi connectivity index (χ0) is 11.6. The van der Waals surface area contributed by atoms with Crippen molar-refractivity contribution in [3.8, 4) is 0 Å². The van der Waals surface area contributed by atoms with Crippen molar-refractivity contribution in [3.63, 3.8) is 0 Å². The normalized spacial score (nSPS) is 20.6. The van der Waals surface area contributed by atoms with Crippen LogP contribution >= 0.6 is 0 Å². The van der Waals surface area contributed by atoms with Crippen LogP contribution < -0.4 is 0 Å². The zero-order valence-electron chi connectivity index (χ0n) is 10.2. The number of hydrogen-bond donors (Lipinski definition) is 0. The van der Waals surface area contributed by atoms with Gasteiger partial charge in [0.25, 0.3) is 0 Å². The van der Waals surface area contributed by atoms with Crippen LogP contribution in [0.1, 0.15) is 45.1 Å². The number of Topliss-reactive ketones (excluding diaryl/α,β-unsaturated/α-hetero) is 1. The molecule has 16 heavy (non-hydrogen) atoms. The van der Waals surface area contributed by atoms with Crippen molar-refractivity contribution in [2.75, 3.05) is 0 Å². The lowest BCUT2D eigenvalue weighted by molar-refractivity contribution is -0.123. The maximum absolute atomic E-state index is 12.1. The van der Waals surface area contributed by atoms with Crippen molar-refractivity contribution in [1.82, 2.24) is 0 Å². The Morgan fingerprint density at radius 3 is 2.25 bits per heavy atom. The number of carbonyl (C=O) groups is 1. The minimum atomic E-state index is -0.266. The molecule has 0 bridgehead atoms. The fourth-order valence-electron chi connectivity index (χ4n) is 3.01. The number of ketones is 1. The summed E-state index contributed by atoms with van der Waals surface area (Å²) in [5.74, 6) is 0.845. The second-order valence-electron chi connectivity index (χ2n) is 5.11. The van der Waals surface area contributed by atoms with E-state index < -0.39 is 0 Å². The Bertz CT molecular complexity index is 362. The molecule has 1 aromatic carbocycles. The Hall–Kier alpha value is -1.11. The number of hydrogen-bond acceptors (Lipinski definition) is 1. The van der Waals surface area contributed by atoms with Crippen LogP contribution in [0.3, 0.4) is 0 Å². The van der Waals surface area contributed by atoms with Crippen LogP contribution in [0.25, 0.3) is 0 Å². The molecule has 2 rings (SSSR count). The molecule has 0 amide bonds. The SMILES string of the molecule is CC(=O)[C@@](C)(c1ccccc1)C1CCCC1. The van der Waals surface area contributed by atoms with Gasteiger partial charge in [0.05, 0.1) is 5.41 Å². The highest BCUT2D eigenvalue weighted by Gasteiger charge is 2.41. The highest BCUT2D eigenvalue weighted by Crippen LogP contribution is 2.42. The van der Waals surface area contributed by atoms with E-state index in [2.05, 4.69) is 19.1 Å². The van der Waals surface area contributed by atoms with E-state index >= 15 is 0 Å². The van der Waals surface area contributed by atoms with Gasteiger partial charge in [-0.3, -0.25) is 4.79 Å². The van der Waals surface area contributed by atoms with Crippen LogP contribution in [0.15, 0.2) is 30.3 Å². The Labute approximate surface area is 97.9 Å². The molecule has 0 radical (unpaired) electrons. The Morgan fingerprint density at radius 1 is 1.19 bits per heavy atom. The van der Waals surface area contributed by atoms with Crippen molar-refractivity contribution >= 4 is 5.78 Å². The molecule has 1 aliphatic carbocycles. The van der Waals surface area contributed by atoms with Crippen molar-refractivity contribution < 1.29 is 4.79 Å². The van der Waals surface area contributed by atoms with E-state index in [1.54, 1.807) is 6.92 Å². The first-order chi connectivity index (χ1) is 7.65. The maximum atomic E-state index is 12.1. The molecule has 1 atom stereocenters. The number of benzene rings is 1. The summed E-state index contributed by atoms with van der Waals surface area (Å²) < 4.78 is 0. The van der Waals surface area contributed by atoms with E-state index in [9.17, 15) is 4.79 Å². The maximum Gasteiger partial charge on any atom is 0.140 e. The molecule has 1 nitrogen and oxygen atoms in total. The third-order valence-corrected chi connectivity index (χ3v) is 4.28. The smallest absolute Gasteiger partial charge is 0.140 e. The van der Waals surface area contributed by atoms with Crippen LogP contribution in [-0.2, 0) is 10.2 Å². The second-order valence-corrected chi connectivity index (χ2v) is 5.11. The molecule has 86 valence electrons. The summed E-state index contributed by atoms with van der Waals surface area (Å²) >= 11 is 0.